The first-order chi connectivity index (χ1) is 12.9. The van der Waals surface area contributed by atoms with Crippen molar-refractivity contribution in [2.24, 2.45) is 0 Å². The van der Waals surface area contributed by atoms with Crippen LogP contribution < -0.4 is 20.3 Å². The number of halogens is 1. The van der Waals surface area contributed by atoms with Gasteiger partial charge in [-0.2, -0.15) is 5.26 Å². The molecule has 2 rings (SSSR count). The van der Waals surface area contributed by atoms with Crippen LogP contribution in [0.15, 0.2) is 42.5 Å². The van der Waals surface area contributed by atoms with Crippen LogP contribution >= 0.6 is 11.6 Å². The summed E-state index contributed by atoms with van der Waals surface area (Å²) < 4.78 is 5.19. The molecule has 0 saturated carbocycles. The van der Waals surface area contributed by atoms with E-state index in [1.807, 2.05) is 6.07 Å². The van der Waals surface area contributed by atoms with Crippen LogP contribution in [0.25, 0.3) is 0 Å². The number of carbonyl (C=O) groups is 2. The SMILES string of the molecule is COc1ccc(Cl)cc1NC(=O)C[NH+](C)CC(=O)Nc1ccc(C#N)cc1. The molecule has 0 aliphatic heterocycles. The summed E-state index contributed by atoms with van der Waals surface area (Å²) in [4.78, 5) is 25.0. The number of carbonyl (C=O) groups excluding carboxylic acids is 2. The predicted molar refractivity (Wildman–Crippen MR) is 103 cm³/mol. The molecule has 0 bridgehead atoms. The maximum Gasteiger partial charge on any atom is 0.279 e. The summed E-state index contributed by atoms with van der Waals surface area (Å²) in [6.07, 6.45) is 0. The summed E-state index contributed by atoms with van der Waals surface area (Å²) in [5.74, 6) is 0.00791. The van der Waals surface area contributed by atoms with E-state index in [0.29, 0.717) is 32.6 Å². The van der Waals surface area contributed by atoms with E-state index < -0.39 is 0 Å². The number of methoxy groups -OCH3 is 1. The highest BCUT2D eigenvalue weighted by Crippen LogP contribution is 2.27. The second-order valence-corrected chi connectivity index (χ2v) is 6.38. The van der Waals surface area contributed by atoms with E-state index in [0.717, 1.165) is 0 Å². The third-order valence-electron chi connectivity index (χ3n) is 3.66. The van der Waals surface area contributed by atoms with Crippen molar-refractivity contribution in [2.75, 3.05) is 37.9 Å². The molecule has 0 saturated heterocycles. The molecule has 0 aromatic heterocycles. The standard InChI is InChI=1S/C19H19ClN4O3/c1-24(11-18(25)22-15-6-3-13(10-21)4-7-15)12-19(26)23-16-9-14(20)5-8-17(16)27-2/h3-9H,11-12H2,1-2H3,(H,22,25)(H,23,26)/p+1. The minimum absolute atomic E-state index is 0.0937. The van der Waals surface area contributed by atoms with E-state index in [-0.39, 0.29) is 24.9 Å². The van der Waals surface area contributed by atoms with Crippen LogP contribution in [0.1, 0.15) is 5.56 Å². The average Bonchev–Trinajstić information content (AvgIpc) is 2.62. The molecule has 0 spiro atoms. The van der Waals surface area contributed by atoms with Gasteiger partial charge in [0, 0.05) is 10.7 Å². The smallest absolute Gasteiger partial charge is 0.279 e. The molecule has 0 radical (unpaired) electrons. The molecule has 1 atom stereocenters. The highest BCUT2D eigenvalue weighted by molar-refractivity contribution is 6.31. The number of anilines is 2. The third kappa shape index (κ3) is 6.29. The zero-order valence-corrected chi connectivity index (χ0v) is 15.8. The molecule has 2 aromatic rings. The van der Waals surface area contributed by atoms with Crippen molar-refractivity contribution < 1.29 is 19.2 Å². The number of hydrogen-bond donors (Lipinski definition) is 3. The molecule has 1 unspecified atom stereocenters. The number of nitrogens with one attached hydrogen (secondary N) is 3. The van der Waals surface area contributed by atoms with Crippen LogP contribution in [0.5, 0.6) is 5.75 Å². The van der Waals surface area contributed by atoms with E-state index in [9.17, 15) is 9.59 Å². The molecule has 0 aliphatic carbocycles. The second kappa shape index (κ2) is 9.57. The van der Waals surface area contributed by atoms with Crippen LogP contribution in [-0.4, -0.2) is 39.1 Å². The second-order valence-electron chi connectivity index (χ2n) is 5.94. The van der Waals surface area contributed by atoms with Crippen LogP contribution in [0.2, 0.25) is 5.02 Å². The maximum atomic E-state index is 12.2. The van der Waals surface area contributed by atoms with Gasteiger partial charge in [0.1, 0.15) is 5.75 Å². The summed E-state index contributed by atoms with van der Waals surface area (Å²) in [7, 11) is 3.25. The molecule has 0 fully saturated rings. The topological polar surface area (TPSA) is 95.7 Å². The molecule has 2 amide bonds. The molecular formula is C19H20ClN4O3+. The van der Waals surface area contributed by atoms with Gasteiger partial charge in [-0.1, -0.05) is 11.6 Å². The Labute approximate surface area is 162 Å². The Bertz CT molecular complexity index is 862. The van der Waals surface area contributed by atoms with Gasteiger partial charge in [-0.3, -0.25) is 9.59 Å². The van der Waals surface area contributed by atoms with Crippen LogP contribution in [-0.2, 0) is 9.59 Å². The van der Waals surface area contributed by atoms with E-state index >= 15 is 0 Å². The predicted octanol–water partition coefficient (Wildman–Crippen LogP) is 1.31. The van der Waals surface area contributed by atoms with Gasteiger partial charge in [0.2, 0.25) is 0 Å². The van der Waals surface area contributed by atoms with Gasteiger partial charge in [0.05, 0.1) is 31.5 Å². The van der Waals surface area contributed by atoms with E-state index in [2.05, 4.69) is 10.6 Å². The highest BCUT2D eigenvalue weighted by Gasteiger charge is 2.16. The molecule has 27 heavy (non-hydrogen) atoms. The van der Waals surface area contributed by atoms with Crippen molar-refractivity contribution in [3.05, 3.63) is 53.1 Å². The quantitative estimate of drug-likeness (QED) is 0.667. The lowest BCUT2D eigenvalue weighted by Crippen LogP contribution is -3.11. The Morgan fingerprint density at radius 3 is 2.33 bits per heavy atom. The van der Waals surface area contributed by atoms with Gasteiger partial charge in [-0.15, -0.1) is 0 Å². The molecule has 140 valence electrons. The van der Waals surface area contributed by atoms with E-state index in [1.165, 1.54) is 7.11 Å². The van der Waals surface area contributed by atoms with Gasteiger partial charge < -0.3 is 20.3 Å². The van der Waals surface area contributed by atoms with Crippen molar-refractivity contribution >= 4 is 34.8 Å². The number of benzene rings is 2. The Balaban J connectivity index is 1.86. The molecule has 7 nitrogen and oxygen atoms in total. The monoisotopic (exact) mass is 387 g/mol. The minimum atomic E-state index is -0.265. The van der Waals surface area contributed by atoms with Gasteiger partial charge >= 0.3 is 0 Å². The number of rotatable bonds is 7. The van der Waals surface area contributed by atoms with Gasteiger partial charge in [0.15, 0.2) is 13.1 Å². The average molecular weight is 388 g/mol. The zero-order chi connectivity index (χ0) is 19.8. The van der Waals surface area contributed by atoms with Crippen molar-refractivity contribution in [3.63, 3.8) is 0 Å². The molecule has 0 heterocycles. The van der Waals surface area contributed by atoms with E-state index in [1.54, 1.807) is 49.5 Å². The summed E-state index contributed by atoms with van der Waals surface area (Å²) in [5, 5.41) is 14.7. The minimum Gasteiger partial charge on any atom is -0.495 e. The number of nitriles is 1. The lowest BCUT2D eigenvalue weighted by molar-refractivity contribution is -0.862. The number of ether oxygens (including phenoxy) is 1. The first-order valence-electron chi connectivity index (χ1n) is 8.16. The Morgan fingerprint density at radius 1 is 1.11 bits per heavy atom. The lowest BCUT2D eigenvalue weighted by Gasteiger charge is -2.15. The normalized spacial score (nSPS) is 11.2. The fraction of sp³-hybridized carbons (Fsp3) is 0.211. The summed E-state index contributed by atoms with van der Waals surface area (Å²) in [6, 6.07) is 13.5. The van der Waals surface area contributed by atoms with Gasteiger partial charge in [0.25, 0.3) is 11.8 Å². The highest BCUT2D eigenvalue weighted by atomic mass is 35.5. The Morgan fingerprint density at radius 2 is 1.74 bits per heavy atom. The number of quaternary nitrogens is 1. The maximum absolute atomic E-state index is 12.2. The van der Waals surface area contributed by atoms with Crippen molar-refractivity contribution in [1.82, 2.24) is 0 Å². The molecule has 0 aliphatic rings. The molecule has 3 N–H and O–H groups in total. The first-order valence-corrected chi connectivity index (χ1v) is 8.53. The fourth-order valence-corrected chi connectivity index (χ4v) is 2.59. The Hall–Kier alpha value is -3.08. The fourth-order valence-electron chi connectivity index (χ4n) is 2.42. The zero-order valence-electron chi connectivity index (χ0n) is 15.0. The number of amides is 2. The van der Waals surface area contributed by atoms with Crippen LogP contribution in [0, 0.1) is 11.3 Å². The first kappa shape index (κ1) is 20.2. The summed E-state index contributed by atoms with van der Waals surface area (Å²) in [5.41, 5.74) is 1.59. The number of likely N-dealkylation sites (N-methyl/N-ethyl adjacent to an activating group) is 1. The van der Waals surface area contributed by atoms with Crippen LogP contribution in [0.4, 0.5) is 11.4 Å². The van der Waals surface area contributed by atoms with Crippen molar-refractivity contribution in [3.8, 4) is 11.8 Å². The summed E-state index contributed by atoms with van der Waals surface area (Å²) >= 11 is 5.95. The van der Waals surface area contributed by atoms with Crippen LogP contribution in [0.3, 0.4) is 0 Å². The number of nitrogens with zero attached hydrogens (tertiary/aromatic N) is 1. The summed E-state index contributed by atoms with van der Waals surface area (Å²) in [6.45, 7) is 0.205. The van der Waals surface area contributed by atoms with Crippen molar-refractivity contribution in [2.45, 2.75) is 0 Å². The molecule has 2 aromatic carbocycles. The van der Waals surface area contributed by atoms with E-state index in [4.69, 9.17) is 21.6 Å². The van der Waals surface area contributed by atoms with Gasteiger partial charge in [-0.05, 0) is 42.5 Å². The molecule has 8 heteroatoms. The third-order valence-corrected chi connectivity index (χ3v) is 3.89. The largest absolute Gasteiger partial charge is 0.495 e. The Kier molecular flexibility index (Phi) is 7.17. The lowest BCUT2D eigenvalue weighted by atomic mass is 10.2. The van der Waals surface area contributed by atoms with Gasteiger partial charge in [-0.25, -0.2) is 0 Å². The molecular weight excluding hydrogens is 368 g/mol. The van der Waals surface area contributed by atoms with Crippen molar-refractivity contribution in [1.29, 1.82) is 5.26 Å². The number of hydrogen-bond acceptors (Lipinski definition) is 4.